The number of ether oxygens (including phenoxy) is 1. The van der Waals surface area contributed by atoms with E-state index in [2.05, 4.69) is 47.2 Å². The lowest BCUT2D eigenvalue weighted by atomic mass is 10.2. The van der Waals surface area contributed by atoms with Crippen LogP contribution < -0.4 is 4.74 Å². The van der Waals surface area contributed by atoms with E-state index >= 15 is 0 Å². The molecule has 5 aromatic rings. The maximum Gasteiger partial charge on any atom is 0.130 e. The van der Waals surface area contributed by atoms with Gasteiger partial charge in [-0.05, 0) is 48.0 Å². The molecule has 0 saturated carbocycles. The van der Waals surface area contributed by atoms with Gasteiger partial charge in [-0.25, -0.2) is 4.98 Å². The van der Waals surface area contributed by atoms with E-state index in [4.69, 9.17) is 21.3 Å². The van der Waals surface area contributed by atoms with Crippen LogP contribution in [-0.2, 0) is 13.2 Å². The lowest BCUT2D eigenvalue weighted by molar-refractivity contribution is 0.305. The van der Waals surface area contributed by atoms with Crippen molar-refractivity contribution < 1.29 is 4.74 Å². The fourth-order valence-electron chi connectivity index (χ4n) is 3.59. The molecule has 0 aliphatic rings. The van der Waals surface area contributed by atoms with Crippen LogP contribution >= 0.6 is 11.6 Å². The van der Waals surface area contributed by atoms with Crippen molar-refractivity contribution in [3.05, 3.63) is 107 Å². The second-order valence-electron chi connectivity index (χ2n) is 7.04. The summed E-state index contributed by atoms with van der Waals surface area (Å²) in [5.74, 6) is 0.868. The Morgan fingerprint density at radius 3 is 2.59 bits per heavy atom. The molecule has 3 aromatic carbocycles. The third-order valence-corrected chi connectivity index (χ3v) is 5.32. The highest BCUT2D eigenvalue weighted by atomic mass is 35.5. The molecule has 29 heavy (non-hydrogen) atoms. The van der Waals surface area contributed by atoms with Crippen molar-refractivity contribution in [2.75, 3.05) is 0 Å². The van der Waals surface area contributed by atoms with Gasteiger partial charge in [0.25, 0.3) is 0 Å². The molecule has 0 N–H and O–H groups in total. The molecule has 2 heterocycles. The summed E-state index contributed by atoms with van der Waals surface area (Å²) in [4.78, 5) is 4.70. The first kappa shape index (κ1) is 17.8. The lowest BCUT2D eigenvalue weighted by Crippen LogP contribution is -2.00. The number of hydrogen-bond acceptors (Lipinski definition) is 2. The first-order chi connectivity index (χ1) is 14.3. The summed E-state index contributed by atoms with van der Waals surface area (Å²) >= 11 is 6.00. The number of aromatic nitrogens is 2. The zero-order chi connectivity index (χ0) is 19.6. The van der Waals surface area contributed by atoms with Gasteiger partial charge in [0.15, 0.2) is 0 Å². The number of pyridine rings is 1. The third kappa shape index (κ3) is 3.69. The fourth-order valence-corrected chi connectivity index (χ4v) is 3.71. The van der Waals surface area contributed by atoms with Crippen LogP contribution in [0.5, 0.6) is 5.75 Å². The topological polar surface area (TPSA) is 27.1 Å². The van der Waals surface area contributed by atoms with Gasteiger partial charge < -0.3 is 9.30 Å². The minimum atomic E-state index is 0.437. The van der Waals surface area contributed by atoms with E-state index in [-0.39, 0.29) is 0 Å². The Labute approximate surface area is 174 Å². The van der Waals surface area contributed by atoms with Crippen molar-refractivity contribution in [1.29, 1.82) is 0 Å². The Morgan fingerprint density at radius 1 is 0.828 bits per heavy atom. The van der Waals surface area contributed by atoms with Gasteiger partial charge in [0.1, 0.15) is 12.4 Å². The van der Waals surface area contributed by atoms with Gasteiger partial charge in [-0.1, -0.05) is 54.1 Å². The molecule has 142 valence electrons. The molecule has 2 aromatic heterocycles. The lowest BCUT2D eigenvalue weighted by Gasteiger charge is -2.10. The largest absolute Gasteiger partial charge is 0.487 e. The highest BCUT2D eigenvalue weighted by Crippen LogP contribution is 2.28. The molecular weight excluding hydrogens is 380 g/mol. The smallest absolute Gasteiger partial charge is 0.130 e. The van der Waals surface area contributed by atoms with Crippen LogP contribution in [0.1, 0.15) is 11.3 Å². The first-order valence-corrected chi connectivity index (χ1v) is 9.94. The molecule has 0 aliphatic heterocycles. The van der Waals surface area contributed by atoms with Crippen LogP contribution in [0.4, 0.5) is 0 Å². The Kier molecular flexibility index (Phi) is 4.66. The molecule has 3 nitrogen and oxygen atoms in total. The summed E-state index contributed by atoms with van der Waals surface area (Å²) in [6.07, 6.45) is 2.10. The van der Waals surface area contributed by atoms with E-state index in [9.17, 15) is 0 Å². The maximum atomic E-state index is 6.14. The first-order valence-electron chi connectivity index (χ1n) is 9.56. The van der Waals surface area contributed by atoms with Gasteiger partial charge in [0.05, 0.1) is 16.7 Å². The molecule has 0 aliphatic carbocycles. The van der Waals surface area contributed by atoms with E-state index in [0.29, 0.717) is 6.61 Å². The van der Waals surface area contributed by atoms with Crippen LogP contribution in [0, 0.1) is 0 Å². The zero-order valence-electron chi connectivity index (χ0n) is 15.8. The van der Waals surface area contributed by atoms with Crippen molar-refractivity contribution in [1.82, 2.24) is 9.55 Å². The Hall–Kier alpha value is -3.30. The Balaban J connectivity index is 1.38. The van der Waals surface area contributed by atoms with Gasteiger partial charge >= 0.3 is 0 Å². The van der Waals surface area contributed by atoms with Crippen molar-refractivity contribution in [2.24, 2.45) is 0 Å². The standard InChI is InChI=1S/C25H19ClN2O/c26-20-11-8-18(9-12-20)16-28-15-14-22-24(28)6-3-7-25(22)29-17-21-13-10-19-4-1-2-5-23(19)27-21/h1-15H,16-17H2. The molecule has 0 spiro atoms. The third-order valence-electron chi connectivity index (χ3n) is 5.07. The van der Waals surface area contributed by atoms with E-state index in [1.807, 2.05) is 48.5 Å². The molecule has 0 atom stereocenters. The number of benzene rings is 3. The molecule has 0 bridgehead atoms. The number of nitrogens with zero attached hydrogens (tertiary/aromatic N) is 2. The summed E-state index contributed by atoms with van der Waals surface area (Å²) in [5, 5.41) is 2.99. The van der Waals surface area contributed by atoms with E-state index in [1.165, 1.54) is 5.56 Å². The van der Waals surface area contributed by atoms with Gasteiger partial charge in [-0.2, -0.15) is 0 Å². The average Bonchev–Trinajstić information content (AvgIpc) is 3.17. The van der Waals surface area contributed by atoms with Crippen molar-refractivity contribution in [3.63, 3.8) is 0 Å². The summed E-state index contributed by atoms with van der Waals surface area (Å²) < 4.78 is 8.36. The van der Waals surface area contributed by atoms with Crippen LogP contribution in [-0.4, -0.2) is 9.55 Å². The van der Waals surface area contributed by atoms with E-state index in [1.54, 1.807) is 0 Å². The van der Waals surface area contributed by atoms with Crippen LogP contribution in [0.15, 0.2) is 91.1 Å². The van der Waals surface area contributed by atoms with Crippen LogP contribution in [0.3, 0.4) is 0 Å². The molecular formula is C25H19ClN2O. The Bertz CT molecular complexity index is 1290. The number of para-hydroxylation sites is 1. The number of halogens is 1. The molecule has 0 radical (unpaired) electrons. The number of hydrogen-bond donors (Lipinski definition) is 0. The molecule has 0 saturated heterocycles. The summed E-state index contributed by atoms with van der Waals surface area (Å²) in [5.41, 5.74) is 4.25. The normalized spacial score (nSPS) is 11.2. The van der Waals surface area contributed by atoms with E-state index in [0.717, 1.165) is 44.8 Å². The van der Waals surface area contributed by atoms with Gasteiger partial charge in [-0.15, -0.1) is 0 Å². The minimum Gasteiger partial charge on any atom is -0.487 e. The van der Waals surface area contributed by atoms with Crippen LogP contribution in [0.2, 0.25) is 5.02 Å². The number of fused-ring (bicyclic) bond motifs is 2. The van der Waals surface area contributed by atoms with Gasteiger partial charge in [0, 0.05) is 28.5 Å². The zero-order valence-corrected chi connectivity index (χ0v) is 16.5. The molecule has 0 amide bonds. The SMILES string of the molecule is Clc1ccc(Cn2ccc3c(OCc4ccc5ccccc5n4)cccc32)cc1. The average molecular weight is 399 g/mol. The minimum absolute atomic E-state index is 0.437. The predicted molar refractivity (Wildman–Crippen MR) is 119 cm³/mol. The van der Waals surface area contributed by atoms with Gasteiger partial charge in [-0.3, -0.25) is 0 Å². The quantitative estimate of drug-likeness (QED) is 0.339. The summed E-state index contributed by atoms with van der Waals surface area (Å²) in [6, 6.07) is 28.5. The van der Waals surface area contributed by atoms with E-state index < -0.39 is 0 Å². The second-order valence-corrected chi connectivity index (χ2v) is 7.48. The molecule has 5 rings (SSSR count). The molecule has 0 fully saturated rings. The number of rotatable bonds is 5. The maximum absolute atomic E-state index is 6.14. The highest BCUT2D eigenvalue weighted by Gasteiger charge is 2.08. The second kappa shape index (κ2) is 7.61. The van der Waals surface area contributed by atoms with Gasteiger partial charge in [0.2, 0.25) is 0 Å². The van der Waals surface area contributed by atoms with Crippen molar-refractivity contribution >= 4 is 33.4 Å². The monoisotopic (exact) mass is 398 g/mol. The Morgan fingerprint density at radius 2 is 1.69 bits per heavy atom. The molecule has 4 heteroatoms. The fraction of sp³-hybridized carbons (Fsp3) is 0.0800. The molecule has 0 unspecified atom stereocenters. The summed E-state index contributed by atoms with van der Waals surface area (Å²) in [7, 11) is 0. The van der Waals surface area contributed by atoms with Crippen molar-refractivity contribution in [3.8, 4) is 5.75 Å². The van der Waals surface area contributed by atoms with Crippen molar-refractivity contribution in [2.45, 2.75) is 13.2 Å². The predicted octanol–water partition coefficient (Wildman–Crippen LogP) is 6.47. The highest BCUT2D eigenvalue weighted by molar-refractivity contribution is 6.30. The van der Waals surface area contributed by atoms with Crippen LogP contribution in [0.25, 0.3) is 21.8 Å². The summed E-state index contributed by atoms with van der Waals surface area (Å²) in [6.45, 7) is 1.22.